The Balaban J connectivity index is 2.02. The number of carbonyl (C=O) groups excluding carboxylic acids is 1. The van der Waals surface area contributed by atoms with Crippen LogP contribution in [0.3, 0.4) is 0 Å². The molecule has 0 spiro atoms. The van der Waals surface area contributed by atoms with Crippen LogP contribution < -0.4 is 5.32 Å². The minimum absolute atomic E-state index is 0.0127. The van der Waals surface area contributed by atoms with Gasteiger partial charge in [0.2, 0.25) is 0 Å². The van der Waals surface area contributed by atoms with Crippen LogP contribution in [0.15, 0.2) is 26.3 Å². The summed E-state index contributed by atoms with van der Waals surface area (Å²) in [7, 11) is 0. The molecule has 3 rings (SSSR count). The Bertz CT molecular complexity index is 583. The number of fused-ring (bicyclic) bond motifs is 1. The molecule has 0 atom stereocenters. The fourth-order valence-corrected chi connectivity index (χ4v) is 3.73. The molecule has 3 heterocycles. The number of aromatic nitrogens is 2. The molecule has 94 valence electrons. The molecular weight excluding hydrogens is 314 g/mol. The fourth-order valence-electron chi connectivity index (χ4n) is 2.32. The molecule has 0 bridgehead atoms. The lowest BCUT2D eigenvalue weighted by Gasteiger charge is -2.35. The van der Waals surface area contributed by atoms with Gasteiger partial charge in [0.05, 0.1) is 16.8 Å². The molecule has 0 radical (unpaired) electrons. The SMILES string of the molecule is CC1(C)CC2=C(Sc3nc(Br)cnc3C2)C(=O)N1. The first kappa shape index (κ1) is 12.2. The third kappa shape index (κ3) is 2.07. The number of nitrogens with zero attached hydrogens (tertiary/aromatic N) is 2. The maximum Gasteiger partial charge on any atom is 0.258 e. The second kappa shape index (κ2) is 4.06. The first-order chi connectivity index (χ1) is 8.44. The van der Waals surface area contributed by atoms with Crippen LogP contribution in [0.25, 0.3) is 0 Å². The molecule has 2 aliphatic heterocycles. The van der Waals surface area contributed by atoms with Crippen LogP contribution in [0.5, 0.6) is 0 Å². The Labute approximate surface area is 118 Å². The second-order valence-corrected chi connectivity index (χ2v) is 6.98. The summed E-state index contributed by atoms with van der Waals surface area (Å²) in [5.41, 5.74) is 1.97. The van der Waals surface area contributed by atoms with Crippen LogP contribution in [0.2, 0.25) is 0 Å². The monoisotopic (exact) mass is 325 g/mol. The smallest absolute Gasteiger partial charge is 0.258 e. The summed E-state index contributed by atoms with van der Waals surface area (Å²) < 4.78 is 0.703. The summed E-state index contributed by atoms with van der Waals surface area (Å²) in [6, 6.07) is 0. The maximum atomic E-state index is 12.1. The lowest BCUT2D eigenvalue weighted by molar-refractivity contribution is -0.118. The highest BCUT2D eigenvalue weighted by molar-refractivity contribution is 9.10. The lowest BCUT2D eigenvalue weighted by Crippen LogP contribution is -2.48. The van der Waals surface area contributed by atoms with E-state index >= 15 is 0 Å². The van der Waals surface area contributed by atoms with Crippen molar-refractivity contribution in [1.82, 2.24) is 15.3 Å². The van der Waals surface area contributed by atoms with E-state index in [4.69, 9.17) is 0 Å². The third-order valence-corrected chi connectivity index (χ3v) is 4.58. The number of hydrogen-bond donors (Lipinski definition) is 1. The summed E-state index contributed by atoms with van der Waals surface area (Å²) in [4.78, 5) is 21.7. The van der Waals surface area contributed by atoms with Gasteiger partial charge in [-0.25, -0.2) is 4.98 Å². The minimum atomic E-state index is -0.170. The first-order valence-corrected chi connectivity index (χ1v) is 7.29. The molecule has 6 heteroatoms. The van der Waals surface area contributed by atoms with Crippen LogP contribution in [-0.4, -0.2) is 21.4 Å². The predicted octanol–water partition coefficient (Wildman–Crippen LogP) is 2.44. The highest BCUT2D eigenvalue weighted by Gasteiger charge is 2.35. The average molecular weight is 326 g/mol. The van der Waals surface area contributed by atoms with Crippen molar-refractivity contribution < 1.29 is 4.79 Å². The molecule has 0 saturated heterocycles. The van der Waals surface area contributed by atoms with Crippen molar-refractivity contribution in [3.63, 3.8) is 0 Å². The highest BCUT2D eigenvalue weighted by atomic mass is 79.9. The molecule has 0 unspecified atom stereocenters. The summed E-state index contributed by atoms with van der Waals surface area (Å²) in [6.07, 6.45) is 3.31. The summed E-state index contributed by atoms with van der Waals surface area (Å²) in [5.74, 6) is 0.0127. The van der Waals surface area contributed by atoms with Crippen molar-refractivity contribution in [2.75, 3.05) is 0 Å². The number of thioether (sulfide) groups is 1. The van der Waals surface area contributed by atoms with Gasteiger partial charge in [-0.1, -0.05) is 11.8 Å². The van der Waals surface area contributed by atoms with E-state index < -0.39 is 0 Å². The van der Waals surface area contributed by atoms with Crippen molar-refractivity contribution in [3.8, 4) is 0 Å². The van der Waals surface area contributed by atoms with Gasteiger partial charge in [-0.3, -0.25) is 9.78 Å². The number of amides is 1. The van der Waals surface area contributed by atoms with E-state index in [1.165, 1.54) is 17.3 Å². The van der Waals surface area contributed by atoms with Crippen molar-refractivity contribution in [3.05, 3.63) is 27.0 Å². The molecule has 0 aromatic carbocycles. The molecule has 1 N–H and O–H groups in total. The van der Waals surface area contributed by atoms with E-state index in [9.17, 15) is 4.79 Å². The number of hydrogen-bond acceptors (Lipinski definition) is 4. The van der Waals surface area contributed by atoms with E-state index in [2.05, 4.69) is 31.2 Å². The van der Waals surface area contributed by atoms with Crippen LogP contribution >= 0.6 is 27.7 Å². The Hall–Kier alpha value is -0.880. The van der Waals surface area contributed by atoms with E-state index in [1.807, 2.05) is 13.8 Å². The number of carbonyl (C=O) groups is 1. The molecule has 1 aromatic rings. The summed E-state index contributed by atoms with van der Waals surface area (Å²) >= 11 is 4.74. The number of rotatable bonds is 0. The quantitative estimate of drug-likeness (QED) is 0.796. The first-order valence-electron chi connectivity index (χ1n) is 5.68. The molecule has 18 heavy (non-hydrogen) atoms. The molecule has 4 nitrogen and oxygen atoms in total. The second-order valence-electron chi connectivity index (χ2n) is 5.17. The Morgan fingerprint density at radius 2 is 2.28 bits per heavy atom. The van der Waals surface area contributed by atoms with E-state index in [-0.39, 0.29) is 11.4 Å². The van der Waals surface area contributed by atoms with Gasteiger partial charge in [-0.05, 0) is 41.8 Å². The highest BCUT2D eigenvalue weighted by Crippen LogP contribution is 2.41. The Morgan fingerprint density at radius 3 is 3.06 bits per heavy atom. The summed E-state index contributed by atoms with van der Waals surface area (Å²) in [6.45, 7) is 4.09. The van der Waals surface area contributed by atoms with Gasteiger partial charge in [0.25, 0.3) is 5.91 Å². The number of nitrogens with one attached hydrogen (secondary N) is 1. The van der Waals surface area contributed by atoms with E-state index in [0.29, 0.717) is 4.60 Å². The van der Waals surface area contributed by atoms with Gasteiger partial charge in [0.15, 0.2) is 0 Å². The Kier molecular flexibility index (Phi) is 2.75. The molecule has 2 aliphatic rings. The molecule has 1 amide bonds. The normalized spacial score (nSPS) is 21.2. The van der Waals surface area contributed by atoms with Crippen LogP contribution in [-0.2, 0) is 11.2 Å². The Morgan fingerprint density at radius 1 is 1.50 bits per heavy atom. The van der Waals surface area contributed by atoms with Crippen molar-refractivity contribution in [2.45, 2.75) is 37.3 Å². The standard InChI is InChI=1S/C12H12BrN3OS/c1-12(2)4-6-3-7-11(15-8(13)5-14-7)18-9(6)10(17)16-12/h5H,3-4H2,1-2H3,(H,16,17). The van der Waals surface area contributed by atoms with Gasteiger partial charge in [-0.2, -0.15) is 0 Å². The molecule has 0 saturated carbocycles. The molecular formula is C12H12BrN3OS. The van der Waals surface area contributed by atoms with E-state index in [1.54, 1.807) is 6.20 Å². The van der Waals surface area contributed by atoms with Crippen molar-refractivity contribution in [2.24, 2.45) is 0 Å². The van der Waals surface area contributed by atoms with Crippen molar-refractivity contribution in [1.29, 1.82) is 0 Å². The van der Waals surface area contributed by atoms with Gasteiger partial charge in [0, 0.05) is 12.0 Å². The van der Waals surface area contributed by atoms with Gasteiger partial charge >= 0.3 is 0 Å². The van der Waals surface area contributed by atoms with Crippen LogP contribution in [0.1, 0.15) is 26.0 Å². The van der Waals surface area contributed by atoms with Gasteiger partial charge in [0.1, 0.15) is 9.63 Å². The minimum Gasteiger partial charge on any atom is -0.346 e. The zero-order valence-corrected chi connectivity index (χ0v) is 12.5. The molecule has 0 fully saturated rings. The molecule has 0 aliphatic carbocycles. The van der Waals surface area contributed by atoms with Crippen molar-refractivity contribution >= 4 is 33.6 Å². The van der Waals surface area contributed by atoms with E-state index in [0.717, 1.165) is 28.5 Å². The lowest BCUT2D eigenvalue weighted by atomic mass is 9.88. The largest absolute Gasteiger partial charge is 0.346 e. The predicted molar refractivity (Wildman–Crippen MR) is 73.2 cm³/mol. The van der Waals surface area contributed by atoms with Gasteiger partial charge in [-0.15, -0.1) is 0 Å². The topological polar surface area (TPSA) is 54.9 Å². The van der Waals surface area contributed by atoms with Crippen LogP contribution in [0, 0.1) is 0 Å². The summed E-state index contributed by atoms with van der Waals surface area (Å²) in [5, 5.41) is 3.85. The zero-order valence-electron chi connectivity index (χ0n) is 10.1. The number of halogens is 1. The average Bonchev–Trinajstić information content (AvgIpc) is 2.26. The van der Waals surface area contributed by atoms with Crippen LogP contribution in [0.4, 0.5) is 0 Å². The molecule has 1 aromatic heterocycles. The third-order valence-electron chi connectivity index (χ3n) is 3.00. The fraction of sp³-hybridized carbons (Fsp3) is 0.417. The zero-order chi connectivity index (χ0) is 12.9. The maximum absolute atomic E-state index is 12.1. The van der Waals surface area contributed by atoms with Gasteiger partial charge < -0.3 is 5.32 Å².